The van der Waals surface area contributed by atoms with Crippen LogP contribution in [-0.2, 0) is 7.05 Å². The first-order valence-corrected chi connectivity index (χ1v) is 5.89. The van der Waals surface area contributed by atoms with Gasteiger partial charge in [0.05, 0.1) is 10.5 Å². The number of hydrogen-bond acceptors (Lipinski definition) is 3. The zero-order chi connectivity index (χ0) is 13.6. The maximum atomic E-state index is 10.8. The van der Waals surface area contributed by atoms with Crippen LogP contribution in [0.5, 0.6) is 0 Å². The second kappa shape index (κ2) is 4.13. The van der Waals surface area contributed by atoms with E-state index < -0.39 is 5.97 Å². The van der Waals surface area contributed by atoms with E-state index in [9.17, 15) is 4.79 Å². The minimum atomic E-state index is -1.12. The Morgan fingerprint density at radius 1 is 1.47 bits per heavy atom. The first-order chi connectivity index (χ1) is 9.08. The fourth-order valence-corrected chi connectivity index (χ4v) is 2.36. The van der Waals surface area contributed by atoms with Crippen molar-refractivity contribution in [1.29, 1.82) is 0 Å². The van der Waals surface area contributed by atoms with E-state index >= 15 is 0 Å². The maximum Gasteiger partial charge on any atom is 0.358 e. The lowest BCUT2D eigenvalue weighted by Gasteiger charge is -1.97. The Balaban J connectivity index is 2.27. The third-order valence-electron chi connectivity index (χ3n) is 2.96. The van der Waals surface area contributed by atoms with Crippen LogP contribution in [0.25, 0.3) is 22.2 Å². The highest BCUT2D eigenvalue weighted by Crippen LogP contribution is 2.35. The Bertz CT molecular complexity index is 788. The average molecular weight is 277 g/mol. The van der Waals surface area contributed by atoms with Crippen molar-refractivity contribution in [3.8, 4) is 11.3 Å². The van der Waals surface area contributed by atoms with E-state index in [4.69, 9.17) is 21.2 Å². The zero-order valence-corrected chi connectivity index (χ0v) is 10.7. The molecular weight excluding hydrogens is 268 g/mol. The van der Waals surface area contributed by atoms with E-state index in [0.717, 1.165) is 16.5 Å². The highest BCUT2D eigenvalue weighted by Gasteiger charge is 2.17. The third-order valence-corrected chi connectivity index (χ3v) is 3.27. The van der Waals surface area contributed by atoms with Crippen molar-refractivity contribution < 1.29 is 14.4 Å². The van der Waals surface area contributed by atoms with Crippen LogP contribution in [0.2, 0.25) is 5.02 Å². The van der Waals surface area contributed by atoms with Crippen LogP contribution in [-0.4, -0.2) is 20.8 Å². The van der Waals surface area contributed by atoms with Crippen LogP contribution in [0.15, 0.2) is 35.0 Å². The van der Waals surface area contributed by atoms with Crippen molar-refractivity contribution in [3.63, 3.8) is 0 Å². The van der Waals surface area contributed by atoms with Crippen molar-refractivity contribution in [2.75, 3.05) is 0 Å². The largest absolute Gasteiger partial charge is 0.476 e. The second-order valence-corrected chi connectivity index (χ2v) is 4.58. The van der Waals surface area contributed by atoms with Crippen LogP contribution in [0.3, 0.4) is 0 Å². The first-order valence-electron chi connectivity index (χ1n) is 5.52. The smallest absolute Gasteiger partial charge is 0.358 e. The molecule has 5 nitrogen and oxygen atoms in total. The number of fused-ring (bicyclic) bond motifs is 1. The van der Waals surface area contributed by atoms with Crippen molar-refractivity contribution >= 4 is 28.5 Å². The molecule has 0 aliphatic rings. The molecule has 0 aliphatic carbocycles. The molecule has 2 heterocycles. The van der Waals surface area contributed by atoms with Gasteiger partial charge in [-0.25, -0.2) is 4.79 Å². The molecule has 0 radical (unpaired) electrons. The van der Waals surface area contributed by atoms with E-state index in [2.05, 4.69) is 5.16 Å². The van der Waals surface area contributed by atoms with Crippen LogP contribution >= 0.6 is 11.6 Å². The van der Waals surface area contributed by atoms with Gasteiger partial charge < -0.3 is 14.2 Å². The van der Waals surface area contributed by atoms with Crippen molar-refractivity contribution in [3.05, 3.63) is 41.2 Å². The van der Waals surface area contributed by atoms with Gasteiger partial charge in [0.25, 0.3) is 0 Å². The van der Waals surface area contributed by atoms with Gasteiger partial charge in [0, 0.05) is 30.3 Å². The van der Waals surface area contributed by atoms with E-state index in [0.29, 0.717) is 10.8 Å². The Morgan fingerprint density at radius 2 is 2.26 bits per heavy atom. The van der Waals surface area contributed by atoms with Crippen molar-refractivity contribution in [2.45, 2.75) is 0 Å². The number of hydrogen-bond donors (Lipinski definition) is 1. The summed E-state index contributed by atoms with van der Waals surface area (Å²) >= 11 is 6.20. The zero-order valence-electron chi connectivity index (χ0n) is 9.92. The molecule has 0 saturated carbocycles. The third kappa shape index (κ3) is 1.79. The number of aryl methyl sites for hydroxylation is 1. The normalized spacial score (nSPS) is 11.1. The molecule has 0 spiro atoms. The van der Waals surface area contributed by atoms with E-state index in [1.807, 2.05) is 29.9 Å². The molecule has 0 aliphatic heterocycles. The number of carboxylic acid groups (broad SMARTS) is 1. The average Bonchev–Trinajstić information content (AvgIpc) is 2.95. The van der Waals surface area contributed by atoms with E-state index in [1.54, 1.807) is 6.07 Å². The molecule has 0 amide bonds. The number of rotatable bonds is 2. The van der Waals surface area contributed by atoms with Gasteiger partial charge >= 0.3 is 5.97 Å². The summed E-state index contributed by atoms with van der Waals surface area (Å²) in [6, 6.07) is 6.96. The second-order valence-electron chi connectivity index (χ2n) is 4.17. The Hall–Kier alpha value is -2.27. The summed E-state index contributed by atoms with van der Waals surface area (Å²) in [6.45, 7) is 0. The van der Waals surface area contributed by atoms with Gasteiger partial charge in [-0.05, 0) is 12.1 Å². The lowest BCUT2D eigenvalue weighted by atomic mass is 10.1. The standard InChI is InChI=1S/C13H9ClN2O3/c1-16-6-7(11-5-9(13(17)18)15-19-11)12-8(14)3-2-4-10(12)16/h2-6H,1H3,(H,17,18). The molecule has 0 atom stereocenters. The fraction of sp³-hybridized carbons (Fsp3) is 0.0769. The van der Waals surface area contributed by atoms with Crippen LogP contribution in [0.1, 0.15) is 10.5 Å². The summed E-state index contributed by atoms with van der Waals surface area (Å²) in [5.74, 6) is -0.738. The summed E-state index contributed by atoms with van der Waals surface area (Å²) in [4.78, 5) is 10.8. The Morgan fingerprint density at radius 3 is 2.95 bits per heavy atom. The molecule has 3 rings (SSSR count). The number of carbonyl (C=O) groups is 1. The molecule has 2 aromatic heterocycles. The first kappa shape index (κ1) is 11.8. The van der Waals surface area contributed by atoms with Crippen molar-refractivity contribution in [1.82, 2.24) is 9.72 Å². The number of nitrogens with zero attached hydrogens (tertiary/aromatic N) is 2. The summed E-state index contributed by atoms with van der Waals surface area (Å²) in [5, 5.41) is 13.8. The van der Waals surface area contributed by atoms with E-state index in [1.165, 1.54) is 6.07 Å². The molecule has 0 bridgehead atoms. The summed E-state index contributed by atoms with van der Waals surface area (Å²) in [7, 11) is 1.89. The number of benzene rings is 1. The quantitative estimate of drug-likeness (QED) is 0.780. The van der Waals surface area contributed by atoms with Crippen LogP contribution < -0.4 is 0 Å². The predicted octanol–water partition coefficient (Wildman–Crippen LogP) is 3.18. The van der Waals surface area contributed by atoms with Crippen molar-refractivity contribution in [2.24, 2.45) is 7.05 Å². The van der Waals surface area contributed by atoms with Gasteiger partial charge in [-0.15, -0.1) is 0 Å². The number of carboxylic acids is 1. The molecule has 0 saturated heterocycles. The molecular formula is C13H9ClN2O3. The molecule has 3 aromatic rings. The number of halogens is 1. The van der Waals surface area contributed by atoms with Gasteiger partial charge in [0.15, 0.2) is 11.5 Å². The maximum absolute atomic E-state index is 10.8. The highest BCUT2D eigenvalue weighted by atomic mass is 35.5. The predicted molar refractivity (Wildman–Crippen MR) is 70.4 cm³/mol. The van der Waals surface area contributed by atoms with Crippen LogP contribution in [0.4, 0.5) is 0 Å². The molecule has 1 N–H and O–H groups in total. The van der Waals surface area contributed by atoms with Gasteiger partial charge in [-0.3, -0.25) is 0 Å². The summed E-state index contributed by atoms with van der Waals surface area (Å²) in [6.07, 6.45) is 1.84. The van der Waals surface area contributed by atoms with Crippen LogP contribution in [0, 0.1) is 0 Å². The van der Waals surface area contributed by atoms with Gasteiger partial charge in [-0.2, -0.15) is 0 Å². The Kier molecular flexibility index (Phi) is 2.57. The molecule has 6 heteroatoms. The summed E-state index contributed by atoms with van der Waals surface area (Å²) < 4.78 is 6.99. The van der Waals surface area contributed by atoms with E-state index in [-0.39, 0.29) is 5.69 Å². The monoisotopic (exact) mass is 276 g/mol. The molecule has 96 valence electrons. The number of aromatic carboxylic acids is 1. The topological polar surface area (TPSA) is 68.3 Å². The lowest BCUT2D eigenvalue weighted by molar-refractivity contribution is 0.0686. The lowest BCUT2D eigenvalue weighted by Crippen LogP contribution is -1.94. The molecule has 19 heavy (non-hydrogen) atoms. The Labute approximate surface area is 113 Å². The highest BCUT2D eigenvalue weighted by molar-refractivity contribution is 6.36. The fourth-order valence-electron chi connectivity index (χ4n) is 2.09. The summed E-state index contributed by atoms with van der Waals surface area (Å²) in [5.41, 5.74) is 1.54. The molecule has 0 fully saturated rings. The van der Waals surface area contributed by atoms with Gasteiger partial charge in [0.2, 0.25) is 0 Å². The van der Waals surface area contributed by atoms with Gasteiger partial charge in [0.1, 0.15) is 0 Å². The van der Waals surface area contributed by atoms with Gasteiger partial charge in [-0.1, -0.05) is 22.8 Å². The number of aromatic nitrogens is 2. The SMILES string of the molecule is Cn1cc(-c2cc(C(=O)O)no2)c2c(Cl)cccc21. The minimum Gasteiger partial charge on any atom is -0.476 e. The molecule has 0 unspecified atom stereocenters. The molecule has 1 aromatic carbocycles. The minimum absolute atomic E-state index is 0.126.